The standard InChI is InChI=1S/C20H30N2O2/c1-14(2)17-8-6-7-13-22(17)19(24)16-11-9-15(10-12-16)18(23)21-20(3,4)5/h9-12,14,17H,6-8,13H2,1-5H3,(H,21,23). The Balaban J connectivity index is 2.12. The number of amides is 2. The van der Waals surface area contributed by atoms with Crippen molar-refractivity contribution >= 4 is 11.8 Å². The van der Waals surface area contributed by atoms with Crippen molar-refractivity contribution in [2.45, 2.75) is 65.5 Å². The number of piperidine rings is 1. The Morgan fingerprint density at radius 3 is 2.21 bits per heavy atom. The highest BCUT2D eigenvalue weighted by molar-refractivity contribution is 5.98. The Morgan fingerprint density at radius 1 is 1.08 bits per heavy atom. The molecule has 0 spiro atoms. The number of likely N-dealkylation sites (tertiary alicyclic amines) is 1. The van der Waals surface area contributed by atoms with Gasteiger partial charge in [0.25, 0.3) is 11.8 Å². The lowest BCUT2D eigenvalue weighted by Gasteiger charge is -2.38. The van der Waals surface area contributed by atoms with Gasteiger partial charge in [-0.05, 0) is 70.2 Å². The lowest BCUT2D eigenvalue weighted by molar-refractivity contribution is 0.0543. The fraction of sp³-hybridized carbons (Fsp3) is 0.600. The molecule has 1 aliphatic heterocycles. The van der Waals surface area contributed by atoms with E-state index in [9.17, 15) is 9.59 Å². The first kappa shape index (κ1) is 18.5. The summed E-state index contributed by atoms with van der Waals surface area (Å²) in [6, 6.07) is 7.33. The van der Waals surface area contributed by atoms with Crippen LogP contribution in [-0.4, -0.2) is 34.8 Å². The van der Waals surface area contributed by atoms with E-state index < -0.39 is 0 Å². The van der Waals surface area contributed by atoms with Crippen LogP contribution in [0.3, 0.4) is 0 Å². The molecule has 0 radical (unpaired) electrons. The smallest absolute Gasteiger partial charge is 0.254 e. The van der Waals surface area contributed by atoms with Gasteiger partial charge in [-0.2, -0.15) is 0 Å². The third kappa shape index (κ3) is 4.59. The minimum atomic E-state index is -0.274. The molecule has 1 aliphatic rings. The Hall–Kier alpha value is -1.84. The van der Waals surface area contributed by atoms with Crippen LogP contribution < -0.4 is 5.32 Å². The number of carbonyl (C=O) groups excluding carboxylic acids is 2. The molecule has 1 atom stereocenters. The molecule has 1 aromatic rings. The average molecular weight is 330 g/mol. The lowest BCUT2D eigenvalue weighted by atomic mass is 9.92. The van der Waals surface area contributed by atoms with E-state index >= 15 is 0 Å². The number of hydrogen-bond acceptors (Lipinski definition) is 2. The number of nitrogens with zero attached hydrogens (tertiary/aromatic N) is 1. The summed E-state index contributed by atoms with van der Waals surface area (Å²) in [5.41, 5.74) is 0.972. The third-order valence-electron chi connectivity index (χ3n) is 4.46. The van der Waals surface area contributed by atoms with Crippen molar-refractivity contribution in [3.63, 3.8) is 0 Å². The predicted octanol–water partition coefficient (Wildman–Crippen LogP) is 3.87. The number of benzene rings is 1. The molecule has 0 saturated carbocycles. The minimum absolute atomic E-state index is 0.0798. The van der Waals surface area contributed by atoms with E-state index in [-0.39, 0.29) is 17.4 Å². The summed E-state index contributed by atoms with van der Waals surface area (Å²) < 4.78 is 0. The fourth-order valence-corrected chi connectivity index (χ4v) is 3.25. The maximum Gasteiger partial charge on any atom is 0.254 e. The predicted molar refractivity (Wildman–Crippen MR) is 97.2 cm³/mol. The van der Waals surface area contributed by atoms with Gasteiger partial charge in [-0.25, -0.2) is 0 Å². The highest BCUT2D eigenvalue weighted by Gasteiger charge is 2.29. The Labute approximate surface area is 145 Å². The first-order valence-electron chi connectivity index (χ1n) is 8.92. The zero-order chi connectivity index (χ0) is 17.9. The molecular weight excluding hydrogens is 300 g/mol. The van der Waals surface area contributed by atoms with Gasteiger partial charge in [-0.15, -0.1) is 0 Å². The van der Waals surface area contributed by atoms with Crippen molar-refractivity contribution in [1.82, 2.24) is 10.2 Å². The largest absolute Gasteiger partial charge is 0.347 e. The van der Waals surface area contributed by atoms with Gasteiger partial charge < -0.3 is 10.2 Å². The number of carbonyl (C=O) groups is 2. The summed E-state index contributed by atoms with van der Waals surface area (Å²) in [5, 5.41) is 2.94. The van der Waals surface area contributed by atoms with Crippen LogP contribution in [0.5, 0.6) is 0 Å². The second kappa shape index (κ2) is 7.37. The Kier molecular flexibility index (Phi) is 5.68. The van der Waals surface area contributed by atoms with Gasteiger partial charge in [-0.3, -0.25) is 9.59 Å². The Bertz CT molecular complexity index is 585. The number of nitrogens with one attached hydrogen (secondary N) is 1. The zero-order valence-corrected chi connectivity index (χ0v) is 15.6. The van der Waals surface area contributed by atoms with Crippen molar-refractivity contribution in [2.24, 2.45) is 5.92 Å². The van der Waals surface area contributed by atoms with Crippen molar-refractivity contribution in [1.29, 1.82) is 0 Å². The van der Waals surface area contributed by atoms with E-state index in [1.54, 1.807) is 24.3 Å². The number of rotatable bonds is 3. The molecule has 24 heavy (non-hydrogen) atoms. The quantitative estimate of drug-likeness (QED) is 0.915. The van der Waals surface area contributed by atoms with Gasteiger partial charge in [0.2, 0.25) is 0 Å². The fourth-order valence-electron chi connectivity index (χ4n) is 3.25. The van der Waals surface area contributed by atoms with Gasteiger partial charge in [0.1, 0.15) is 0 Å². The molecule has 0 bridgehead atoms. The van der Waals surface area contributed by atoms with Crippen molar-refractivity contribution in [3.8, 4) is 0 Å². The summed E-state index contributed by atoms with van der Waals surface area (Å²) in [6.07, 6.45) is 3.34. The first-order chi connectivity index (χ1) is 11.2. The minimum Gasteiger partial charge on any atom is -0.347 e. The van der Waals surface area contributed by atoms with E-state index in [1.807, 2.05) is 25.7 Å². The topological polar surface area (TPSA) is 49.4 Å². The van der Waals surface area contributed by atoms with Crippen molar-refractivity contribution in [2.75, 3.05) is 6.54 Å². The van der Waals surface area contributed by atoms with E-state index in [4.69, 9.17) is 0 Å². The van der Waals surface area contributed by atoms with Crippen LogP contribution in [0, 0.1) is 5.92 Å². The van der Waals surface area contributed by atoms with E-state index in [2.05, 4.69) is 19.2 Å². The molecule has 1 fully saturated rings. The van der Waals surface area contributed by atoms with Gasteiger partial charge in [-0.1, -0.05) is 13.8 Å². The van der Waals surface area contributed by atoms with Gasteiger partial charge in [0, 0.05) is 29.3 Å². The Morgan fingerprint density at radius 2 is 1.67 bits per heavy atom. The molecule has 0 aliphatic carbocycles. The van der Waals surface area contributed by atoms with Gasteiger partial charge >= 0.3 is 0 Å². The van der Waals surface area contributed by atoms with Crippen LogP contribution in [-0.2, 0) is 0 Å². The number of hydrogen-bond donors (Lipinski definition) is 1. The average Bonchev–Trinajstić information content (AvgIpc) is 2.52. The molecule has 132 valence electrons. The zero-order valence-electron chi connectivity index (χ0n) is 15.6. The van der Waals surface area contributed by atoms with E-state index in [0.29, 0.717) is 23.1 Å². The summed E-state index contributed by atoms with van der Waals surface area (Å²) in [7, 11) is 0. The van der Waals surface area contributed by atoms with Crippen LogP contribution in [0.4, 0.5) is 0 Å². The van der Waals surface area contributed by atoms with Crippen LogP contribution in [0.2, 0.25) is 0 Å². The molecule has 1 heterocycles. The van der Waals surface area contributed by atoms with E-state index in [0.717, 1.165) is 19.4 Å². The summed E-state index contributed by atoms with van der Waals surface area (Å²) >= 11 is 0. The summed E-state index contributed by atoms with van der Waals surface area (Å²) in [4.78, 5) is 27.0. The molecular formula is C20H30N2O2. The van der Waals surface area contributed by atoms with Crippen LogP contribution >= 0.6 is 0 Å². The van der Waals surface area contributed by atoms with Gasteiger partial charge in [0.05, 0.1) is 0 Å². The maximum absolute atomic E-state index is 12.8. The van der Waals surface area contributed by atoms with Crippen LogP contribution in [0.1, 0.15) is 74.6 Å². The molecule has 0 aromatic heterocycles. The van der Waals surface area contributed by atoms with Gasteiger partial charge in [0.15, 0.2) is 0 Å². The molecule has 2 amide bonds. The molecule has 1 saturated heterocycles. The second-order valence-electron chi connectivity index (χ2n) is 8.09. The lowest BCUT2D eigenvalue weighted by Crippen LogP contribution is -2.46. The second-order valence-corrected chi connectivity index (χ2v) is 8.09. The van der Waals surface area contributed by atoms with Crippen LogP contribution in [0.15, 0.2) is 24.3 Å². The van der Waals surface area contributed by atoms with E-state index in [1.165, 1.54) is 6.42 Å². The molecule has 2 rings (SSSR count). The van der Waals surface area contributed by atoms with Crippen LogP contribution in [0.25, 0.3) is 0 Å². The SMILES string of the molecule is CC(C)C1CCCCN1C(=O)c1ccc(C(=O)NC(C)(C)C)cc1. The van der Waals surface area contributed by atoms with Crippen molar-refractivity contribution < 1.29 is 9.59 Å². The summed E-state index contributed by atoms with van der Waals surface area (Å²) in [5.74, 6) is 0.432. The maximum atomic E-state index is 12.8. The molecule has 1 N–H and O–H groups in total. The molecule has 1 aromatic carbocycles. The highest BCUT2D eigenvalue weighted by atomic mass is 16.2. The summed E-state index contributed by atoms with van der Waals surface area (Å²) in [6.45, 7) is 11.0. The molecule has 1 unspecified atom stereocenters. The molecule has 4 heteroatoms. The molecule has 4 nitrogen and oxygen atoms in total. The first-order valence-corrected chi connectivity index (χ1v) is 8.92. The third-order valence-corrected chi connectivity index (χ3v) is 4.46. The monoisotopic (exact) mass is 330 g/mol. The highest BCUT2D eigenvalue weighted by Crippen LogP contribution is 2.25. The van der Waals surface area contributed by atoms with Crippen molar-refractivity contribution in [3.05, 3.63) is 35.4 Å². The normalized spacial score (nSPS) is 18.6.